The first-order valence-electron chi connectivity index (χ1n) is 11.4. The lowest BCUT2D eigenvalue weighted by molar-refractivity contribution is 0.0965. The monoisotopic (exact) mass is 424 g/mol. The Morgan fingerprint density at radius 2 is 1.62 bits per heavy atom. The van der Waals surface area contributed by atoms with E-state index >= 15 is 0 Å². The zero-order chi connectivity index (χ0) is 21.9. The SMILES string of the molecule is CC=CN1CCC(c2cc3c(c(-c4ccc(Oc5ccccc5)cc4)c2)CNC3=O)CC1. The first-order chi connectivity index (χ1) is 15.7. The second kappa shape index (κ2) is 8.91. The maximum Gasteiger partial charge on any atom is 0.251 e. The minimum Gasteiger partial charge on any atom is -0.457 e. The van der Waals surface area contributed by atoms with E-state index < -0.39 is 0 Å². The highest BCUT2D eigenvalue weighted by molar-refractivity contribution is 6.00. The van der Waals surface area contributed by atoms with E-state index in [0.717, 1.165) is 59.7 Å². The molecule has 1 fully saturated rings. The number of piperidine rings is 1. The van der Waals surface area contributed by atoms with E-state index in [-0.39, 0.29) is 5.91 Å². The van der Waals surface area contributed by atoms with Gasteiger partial charge in [0.15, 0.2) is 0 Å². The van der Waals surface area contributed by atoms with E-state index in [4.69, 9.17) is 4.74 Å². The fourth-order valence-electron chi connectivity index (χ4n) is 4.76. The molecule has 4 heteroatoms. The van der Waals surface area contributed by atoms with Gasteiger partial charge < -0.3 is 15.0 Å². The molecule has 162 valence electrons. The van der Waals surface area contributed by atoms with E-state index in [9.17, 15) is 4.79 Å². The van der Waals surface area contributed by atoms with Crippen LogP contribution in [0.4, 0.5) is 0 Å². The average molecular weight is 425 g/mol. The summed E-state index contributed by atoms with van der Waals surface area (Å²) in [6.07, 6.45) is 6.49. The highest BCUT2D eigenvalue weighted by Crippen LogP contribution is 2.37. The van der Waals surface area contributed by atoms with Crippen molar-refractivity contribution in [3.05, 3.63) is 95.7 Å². The van der Waals surface area contributed by atoms with Crippen molar-refractivity contribution in [2.24, 2.45) is 0 Å². The summed E-state index contributed by atoms with van der Waals surface area (Å²) in [5, 5.41) is 3.01. The Balaban J connectivity index is 1.43. The summed E-state index contributed by atoms with van der Waals surface area (Å²) in [6.45, 7) is 4.76. The van der Waals surface area contributed by atoms with Crippen LogP contribution in [0.2, 0.25) is 0 Å². The number of allylic oxidation sites excluding steroid dienone is 1. The molecule has 0 radical (unpaired) electrons. The largest absolute Gasteiger partial charge is 0.457 e. The first-order valence-corrected chi connectivity index (χ1v) is 11.4. The molecule has 0 unspecified atom stereocenters. The molecule has 3 aromatic carbocycles. The molecule has 3 aromatic rings. The lowest BCUT2D eigenvalue weighted by atomic mass is 9.85. The lowest BCUT2D eigenvalue weighted by Gasteiger charge is -2.31. The van der Waals surface area contributed by atoms with Crippen molar-refractivity contribution in [3.63, 3.8) is 0 Å². The van der Waals surface area contributed by atoms with Crippen molar-refractivity contribution in [2.75, 3.05) is 13.1 Å². The van der Waals surface area contributed by atoms with E-state index in [0.29, 0.717) is 12.5 Å². The first kappa shape index (κ1) is 20.4. The third kappa shape index (κ3) is 4.13. The molecular weight excluding hydrogens is 396 g/mol. The van der Waals surface area contributed by atoms with Crippen LogP contribution in [-0.2, 0) is 6.54 Å². The number of carbonyl (C=O) groups excluding carboxylic acids is 1. The number of amides is 1. The molecule has 0 aliphatic carbocycles. The van der Waals surface area contributed by atoms with Crippen LogP contribution in [0.5, 0.6) is 11.5 Å². The standard InChI is InChI=1S/C28H28N2O2/c1-2-14-30-15-12-20(13-16-30)22-17-25(27-19-29-28(31)26(27)18-22)21-8-10-24(11-9-21)32-23-6-4-3-5-7-23/h2-11,14,17-18,20H,12-13,15-16,19H2,1H3,(H,29,31). The summed E-state index contributed by atoms with van der Waals surface area (Å²) in [5.74, 6) is 2.15. The van der Waals surface area contributed by atoms with Crippen molar-refractivity contribution in [1.82, 2.24) is 10.2 Å². The summed E-state index contributed by atoms with van der Waals surface area (Å²) in [4.78, 5) is 14.9. The molecule has 2 aliphatic rings. The summed E-state index contributed by atoms with van der Waals surface area (Å²) < 4.78 is 5.95. The molecule has 0 atom stereocenters. The van der Waals surface area contributed by atoms with E-state index in [1.165, 1.54) is 5.56 Å². The number of nitrogens with zero attached hydrogens (tertiary/aromatic N) is 1. The zero-order valence-electron chi connectivity index (χ0n) is 18.4. The van der Waals surface area contributed by atoms with Gasteiger partial charge >= 0.3 is 0 Å². The number of para-hydroxylation sites is 1. The number of hydrogen-bond acceptors (Lipinski definition) is 3. The predicted molar refractivity (Wildman–Crippen MR) is 128 cm³/mol. The molecule has 2 aliphatic heterocycles. The van der Waals surface area contributed by atoms with Crippen LogP contribution in [0.1, 0.15) is 47.2 Å². The Morgan fingerprint density at radius 3 is 2.34 bits per heavy atom. The number of likely N-dealkylation sites (tertiary alicyclic amines) is 1. The molecule has 5 rings (SSSR count). The summed E-state index contributed by atoms with van der Waals surface area (Å²) in [6, 6.07) is 22.4. The van der Waals surface area contributed by atoms with E-state index in [2.05, 4.69) is 53.7 Å². The fourth-order valence-corrected chi connectivity index (χ4v) is 4.76. The van der Waals surface area contributed by atoms with Crippen molar-refractivity contribution >= 4 is 5.91 Å². The molecule has 0 bridgehead atoms. The molecule has 0 aromatic heterocycles. The highest BCUT2D eigenvalue weighted by Gasteiger charge is 2.27. The Labute approximate surface area is 189 Å². The third-order valence-electron chi connectivity index (χ3n) is 6.45. The number of ether oxygens (including phenoxy) is 1. The Hall–Kier alpha value is -3.53. The molecule has 4 nitrogen and oxygen atoms in total. The van der Waals surface area contributed by atoms with Crippen LogP contribution in [0.3, 0.4) is 0 Å². The fraction of sp³-hybridized carbons (Fsp3) is 0.250. The minimum atomic E-state index is 0.0403. The number of fused-ring (bicyclic) bond motifs is 1. The van der Waals surface area contributed by atoms with Crippen LogP contribution < -0.4 is 10.1 Å². The quantitative estimate of drug-likeness (QED) is 0.538. The van der Waals surface area contributed by atoms with Gasteiger partial charge in [-0.2, -0.15) is 0 Å². The molecule has 0 saturated carbocycles. The van der Waals surface area contributed by atoms with Crippen LogP contribution >= 0.6 is 0 Å². The number of hydrogen-bond donors (Lipinski definition) is 1. The van der Waals surface area contributed by atoms with Gasteiger partial charge in [-0.15, -0.1) is 0 Å². The second-order valence-corrected chi connectivity index (χ2v) is 8.51. The molecular formula is C28H28N2O2. The van der Waals surface area contributed by atoms with Crippen molar-refractivity contribution in [3.8, 4) is 22.6 Å². The van der Waals surface area contributed by atoms with Crippen molar-refractivity contribution in [1.29, 1.82) is 0 Å². The lowest BCUT2D eigenvalue weighted by Crippen LogP contribution is -2.28. The Morgan fingerprint density at radius 1 is 0.938 bits per heavy atom. The number of carbonyl (C=O) groups is 1. The average Bonchev–Trinajstić information content (AvgIpc) is 3.21. The summed E-state index contributed by atoms with van der Waals surface area (Å²) >= 11 is 0. The van der Waals surface area contributed by atoms with Crippen LogP contribution in [0.25, 0.3) is 11.1 Å². The van der Waals surface area contributed by atoms with Crippen molar-refractivity contribution in [2.45, 2.75) is 32.2 Å². The minimum absolute atomic E-state index is 0.0403. The van der Waals surface area contributed by atoms with Gasteiger partial charge in [-0.1, -0.05) is 42.5 Å². The van der Waals surface area contributed by atoms with E-state index in [1.807, 2.05) is 42.5 Å². The number of nitrogens with one attached hydrogen (secondary N) is 1. The Bertz CT molecular complexity index is 1130. The van der Waals surface area contributed by atoms with Gasteiger partial charge in [0, 0.05) is 25.2 Å². The third-order valence-corrected chi connectivity index (χ3v) is 6.45. The molecule has 1 N–H and O–H groups in total. The number of benzene rings is 3. The highest BCUT2D eigenvalue weighted by atomic mass is 16.5. The van der Waals surface area contributed by atoms with Crippen LogP contribution in [0.15, 0.2) is 79.0 Å². The maximum absolute atomic E-state index is 12.5. The summed E-state index contributed by atoms with van der Waals surface area (Å²) in [7, 11) is 0. The van der Waals surface area contributed by atoms with Gasteiger partial charge in [-0.25, -0.2) is 0 Å². The molecule has 2 heterocycles. The molecule has 0 spiro atoms. The van der Waals surface area contributed by atoms with Crippen molar-refractivity contribution < 1.29 is 9.53 Å². The van der Waals surface area contributed by atoms with Gasteiger partial charge in [0.1, 0.15) is 11.5 Å². The van der Waals surface area contributed by atoms with Gasteiger partial charge in [0.05, 0.1) is 0 Å². The second-order valence-electron chi connectivity index (χ2n) is 8.51. The molecule has 32 heavy (non-hydrogen) atoms. The number of rotatable bonds is 5. The normalized spacial score (nSPS) is 16.3. The van der Waals surface area contributed by atoms with Crippen LogP contribution in [-0.4, -0.2) is 23.9 Å². The zero-order valence-corrected chi connectivity index (χ0v) is 18.4. The topological polar surface area (TPSA) is 41.6 Å². The van der Waals surface area contributed by atoms with E-state index in [1.54, 1.807) is 0 Å². The van der Waals surface area contributed by atoms with Gasteiger partial charge in [0.2, 0.25) is 0 Å². The van der Waals surface area contributed by atoms with Gasteiger partial charge in [-0.3, -0.25) is 4.79 Å². The van der Waals surface area contributed by atoms with Gasteiger partial charge in [-0.05, 0) is 84.5 Å². The molecule has 1 saturated heterocycles. The summed E-state index contributed by atoms with van der Waals surface area (Å²) in [5.41, 5.74) is 5.48. The molecule has 1 amide bonds. The van der Waals surface area contributed by atoms with Gasteiger partial charge in [0.25, 0.3) is 5.91 Å². The predicted octanol–water partition coefficient (Wildman–Crippen LogP) is 6.10. The smallest absolute Gasteiger partial charge is 0.251 e. The maximum atomic E-state index is 12.5. The Kier molecular flexibility index (Phi) is 5.68. The van der Waals surface area contributed by atoms with Crippen LogP contribution in [0, 0.1) is 0 Å².